The number of benzene rings is 1. The molecule has 0 unspecified atom stereocenters. The van der Waals surface area contributed by atoms with Crippen molar-refractivity contribution in [3.8, 4) is 5.75 Å². The summed E-state index contributed by atoms with van der Waals surface area (Å²) in [5.41, 5.74) is 2.80. The molecule has 0 aliphatic carbocycles. The summed E-state index contributed by atoms with van der Waals surface area (Å²) in [5, 5.41) is 8.57. The van der Waals surface area contributed by atoms with Crippen molar-refractivity contribution in [2.24, 2.45) is 0 Å². The van der Waals surface area contributed by atoms with Crippen LogP contribution in [0.25, 0.3) is 0 Å². The molecule has 0 bridgehead atoms. The Morgan fingerprint density at radius 2 is 2.20 bits per heavy atom. The van der Waals surface area contributed by atoms with Crippen LogP contribution in [0.15, 0.2) is 24.3 Å². The van der Waals surface area contributed by atoms with Crippen LogP contribution in [-0.4, -0.2) is 24.9 Å². The third-order valence-electron chi connectivity index (χ3n) is 1.82. The number of methoxy groups -OCH3 is 1. The number of esters is 1. The van der Waals surface area contributed by atoms with Gasteiger partial charge in [-0.1, -0.05) is 18.2 Å². The Morgan fingerprint density at radius 1 is 1.47 bits per heavy atom. The first-order valence-corrected chi connectivity index (χ1v) is 4.42. The Hall–Kier alpha value is -1.59. The second-order valence-corrected chi connectivity index (χ2v) is 2.81. The maximum absolute atomic E-state index is 10.8. The molecule has 0 heterocycles. The van der Waals surface area contributed by atoms with E-state index in [0.717, 1.165) is 5.56 Å². The lowest BCUT2D eigenvalue weighted by atomic mass is 10.2. The SMILES string of the molecule is COC(=O)COc1ccccc1CNO. The van der Waals surface area contributed by atoms with Gasteiger partial charge in [0, 0.05) is 12.1 Å². The Labute approximate surface area is 87.6 Å². The van der Waals surface area contributed by atoms with E-state index in [1.807, 2.05) is 11.5 Å². The highest BCUT2D eigenvalue weighted by Crippen LogP contribution is 2.17. The molecule has 1 aromatic carbocycles. The van der Waals surface area contributed by atoms with Crippen molar-refractivity contribution in [2.45, 2.75) is 6.54 Å². The molecule has 0 aliphatic heterocycles. The first-order valence-electron chi connectivity index (χ1n) is 4.42. The van der Waals surface area contributed by atoms with E-state index in [-0.39, 0.29) is 13.2 Å². The Morgan fingerprint density at radius 3 is 2.87 bits per heavy atom. The molecule has 0 saturated carbocycles. The predicted molar refractivity (Wildman–Crippen MR) is 52.6 cm³/mol. The number of para-hydroxylation sites is 1. The van der Waals surface area contributed by atoms with E-state index in [1.165, 1.54) is 7.11 Å². The van der Waals surface area contributed by atoms with Gasteiger partial charge in [-0.3, -0.25) is 0 Å². The Kier molecular flexibility index (Phi) is 4.59. The lowest BCUT2D eigenvalue weighted by Crippen LogP contribution is -2.14. The summed E-state index contributed by atoms with van der Waals surface area (Å²) in [6.45, 7) is 0.121. The minimum atomic E-state index is -0.443. The van der Waals surface area contributed by atoms with E-state index in [2.05, 4.69) is 4.74 Å². The van der Waals surface area contributed by atoms with Crippen LogP contribution in [0, 0.1) is 0 Å². The summed E-state index contributed by atoms with van der Waals surface area (Å²) in [7, 11) is 1.30. The van der Waals surface area contributed by atoms with Gasteiger partial charge in [0.15, 0.2) is 6.61 Å². The van der Waals surface area contributed by atoms with E-state index >= 15 is 0 Å². The van der Waals surface area contributed by atoms with Crippen molar-refractivity contribution >= 4 is 5.97 Å². The Balaban J connectivity index is 2.62. The van der Waals surface area contributed by atoms with Crippen molar-refractivity contribution in [1.29, 1.82) is 0 Å². The average Bonchev–Trinajstić information content (AvgIpc) is 2.28. The number of hydroxylamine groups is 1. The average molecular weight is 211 g/mol. The largest absolute Gasteiger partial charge is 0.482 e. The van der Waals surface area contributed by atoms with E-state index in [9.17, 15) is 4.79 Å². The molecule has 5 nitrogen and oxygen atoms in total. The molecule has 0 aromatic heterocycles. The number of rotatable bonds is 5. The fraction of sp³-hybridized carbons (Fsp3) is 0.300. The summed E-state index contributed by atoms with van der Waals surface area (Å²) < 4.78 is 9.66. The third kappa shape index (κ3) is 3.57. The number of ether oxygens (including phenoxy) is 2. The zero-order valence-electron chi connectivity index (χ0n) is 8.40. The maximum atomic E-state index is 10.8. The Bertz CT molecular complexity index is 327. The van der Waals surface area contributed by atoms with Crippen LogP contribution in [0.2, 0.25) is 0 Å². The molecule has 82 valence electrons. The van der Waals surface area contributed by atoms with Crippen molar-refractivity contribution in [3.63, 3.8) is 0 Å². The van der Waals surface area contributed by atoms with Gasteiger partial charge in [-0.05, 0) is 6.07 Å². The predicted octanol–water partition coefficient (Wildman–Crippen LogP) is 0.717. The second-order valence-electron chi connectivity index (χ2n) is 2.81. The molecular formula is C10H13NO4. The van der Waals surface area contributed by atoms with E-state index in [1.54, 1.807) is 18.2 Å². The van der Waals surface area contributed by atoms with Gasteiger partial charge in [-0.2, -0.15) is 0 Å². The van der Waals surface area contributed by atoms with Crippen molar-refractivity contribution in [2.75, 3.05) is 13.7 Å². The van der Waals surface area contributed by atoms with Gasteiger partial charge >= 0.3 is 5.97 Å². The minimum Gasteiger partial charge on any atom is -0.482 e. The highest BCUT2D eigenvalue weighted by molar-refractivity contribution is 5.70. The first-order chi connectivity index (χ1) is 7.27. The molecule has 0 fully saturated rings. The molecule has 1 aromatic rings. The number of nitrogens with one attached hydrogen (secondary N) is 1. The summed E-state index contributed by atoms with van der Waals surface area (Å²) >= 11 is 0. The monoisotopic (exact) mass is 211 g/mol. The number of carbonyl (C=O) groups excluding carboxylic acids is 1. The third-order valence-corrected chi connectivity index (χ3v) is 1.82. The van der Waals surface area contributed by atoms with Crippen LogP contribution in [0.1, 0.15) is 5.56 Å². The van der Waals surface area contributed by atoms with Gasteiger partial charge in [0.25, 0.3) is 0 Å². The van der Waals surface area contributed by atoms with E-state index in [0.29, 0.717) is 5.75 Å². The molecule has 0 spiro atoms. The minimum absolute atomic E-state index is 0.140. The van der Waals surface area contributed by atoms with Crippen molar-refractivity contribution in [3.05, 3.63) is 29.8 Å². The quantitative estimate of drug-likeness (QED) is 0.554. The van der Waals surface area contributed by atoms with E-state index in [4.69, 9.17) is 9.94 Å². The van der Waals surface area contributed by atoms with Crippen molar-refractivity contribution < 1.29 is 19.5 Å². The molecule has 2 N–H and O–H groups in total. The molecule has 0 saturated heterocycles. The topological polar surface area (TPSA) is 67.8 Å². The zero-order valence-corrected chi connectivity index (χ0v) is 8.40. The molecule has 15 heavy (non-hydrogen) atoms. The van der Waals surface area contributed by atoms with Gasteiger partial charge in [-0.25, -0.2) is 10.3 Å². The number of hydrogen-bond acceptors (Lipinski definition) is 5. The van der Waals surface area contributed by atoms with Gasteiger partial charge in [0.1, 0.15) is 5.75 Å². The van der Waals surface area contributed by atoms with Crippen LogP contribution in [0.3, 0.4) is 0 Å². The molecule has 0 atom stereocenters. The van der Waals surface area contributed by atoms with Crippen LogP contribution in [0.4, 0.5) is 0 Å². The fourth-order valence-corrected chi connectivity index (χ4v) is 1.07. The van der Waals surface area contributed by atoms with Crippen molar-refractivity contribution in [1.82, 2.24) is 5.48 Å². The van der Waals surface area contributed by atoms with Gasteiger partial charge < -0.3 is 14.7 Å². The summed E-state index contributed by atoms with van der Waals surface area (Å²) in [5.74, 6) is 0.103. The highest BCUT2D eigenvalue weighted by Gasteiger charge is 2.05. The van der Waals surface area contributed by atoms with Crippen LogP contribution in [-0.2, 0) is 16.1 Å². The molecule has 1 rings (SSSR count). The molecular weight excluding hydrogens is 198 g/mol. The lowest BCUT2D eigenvalue weighted by Gasteiger charge is -2.09. The maximum Gasteiger partial charge on any atom is 0.343 e. The summed E-state index contributed by atoms with van der Waals surface area (Å²) in [6.07, 6.45) is 0. The van der Waals surface area contributed by atoms with Gasteiger partial charge in [0.05, 0.1) is 7.11 Å². The van der Waals surface area contributed by atoms with Crippen LogP contribution >= 0.6 is 0 Å². The zero-order chi connectivity index (χ0) is 11.1. The smallest absolute Gasteiger partial charge is 0.343 e. The highest BCUT2D eigenvalue weighted by atomic mass is 16.6. The molecule has 0 aliphatic rings. The van der Waals surface area contributed by atoms with Crippen LogP contribution < -0.4 is 10.2 Å². The second kappa shape index (κ2) is 6.00. The molecule has 0 amide bonds. The standard InChI is InChI=1S/C10H13NO4/c1-14-10(12)7-15-9-5-3-2-4-8(9)6-11-13/h2-5,11,13H,6-7H2,1H3. The lowest BCUT2D eigenvalue weighted by molar-refractivity contribution is -0.142. The van der Waals surface area contributed by atoms with Gasteiger partial charge in [0.2, 0.25) is 0 Å². The van der Waals surface area contributed by atoms with Crippen LogP contribution in [0.5, 0.6) is 5.75 Å². The number of carbonyl (C=O) groups is 1. The van der Waals surface area contributed by atoms with Gasteiger partial charge in [-0.15, -0.1) is 0 Å². The molecule has 5 heteroatoms. The summed E-state index contributed by atoms with van der Waals surface area (Å²) in [4.78, 5) is 10.8. The summed E-state index contributed by atoms with van der Waals surface area (Å²) in [6, 6.07) is 7.11. The fourth-order valence-electron chi connectivity index (χ4n) is 1.07. The molecule has 0 radical (unpaired) electrons. The first kappa shape index (κ1) is 11.5. The normalized spacial score (nSPS) is 9.73. The number of hydrogen-bond donors (Lipinski definition) is 2. The van der Waals surface area contributed by atoms with E-state index < -0.39 is 5.97 Å².